The molecule has 0 aromatic carbocycles. The molecule has 0 aliphatic heterocycles. The second kappa shape index (κ2) is 7.60. The smallest absolute Gasteiger partial charge is 0.139 e. The van der Waals surface area contributed by atoms with E-state index in [1.54, 1.807) is 19.5 Å². The highest BCUT2D eigenvalue weighted by atomic mass is 79.9. The maximum atomic E-state index is 5.76. The van der Waals surface area contributed by atoms with E-state index in [1.165, 1.54) is 0 Å². The molecule has 0 radical (unpaired) electrons. The number of aromatic nitrogens is 1. The van der Waals surface area contributed by atoms with Gasteiger partial charge in [0.25, 0.3) is 0 Å². The van der Waals surface area contributed by atoms with Crippen LogP contribution in [0.4, 0.5) is 0 Å². The molecule has 0 bridgehead atoms. The van der Waals surface area contributed by atoms with Crippen LogP contribution in [0.3, 0.4) is 0 Å². The second-order valence-electron chi connectivity index (χ2n) is 3.34. The normalized spacial score (nSPS) is 12.4. The molecule has 0 fully saturated rings. The number of nitrogens with one attached hydrogen (secondary N) is 1. The maximum absolute atomic E-state index is 5.76. The molecule has 0 saturated heterocycles. The van der Waals surface area contributed by atoms with E-state index in [-0.39, 0.29) is 6.10 Å². The molecule has 1 N–H and O–H groups in total. The Hall–Kier alpha value is -0.650. The van der Waals surface area contributed by atoms with E-state index >= 15 is 0 Å². The summed E-state index contributed by atoms with van der Waals surface area (Å²) in [5.74, 6) is 0.745. The Morgan fingerprint density at radius 3 is 2.94 bits per heavy atom. The van der Waals surface area contributed by atoms with Crippen LogP contribution in [0.2, 0.25) is 0 Å². The number of hydrogen-bond acceptors (Lipinski definition) is 4. The number of pyridine rings is 1. The number of rotatable bonds is 7. The van der Waals surface area contributed by atoms with Crippen LogP contribution in [0.5, 0.6) is 5.75 Å². The summed E-state index contributed by atoms with van der Waals surface area (Å²) in [4.78, 5) is 4.04. The minimum Gasteiger partial charge on any atom is -0.485 e. The molecule has 1 atom stereocenters. The van der Waals surface area contributed by atoms with Crippen molar-refractivity contribution in [3.8, 4) is 5.75 Å². The van der Waals surface area contributed by atoms with Crippen LogP contribution in [-0.2, 0) is 4.74 Å². The molecule has 1 unspecified atom stereocenters. The molecular formula is C11H17BrN2O2. The topological polar surface area (TPSA) is 43.4 Å². The molecule has 0 aliphatic rings. The zero-order chi connectivity index (χ0) is 11.8. The van der Waals surface area contributed by atoms with Crippen molar-refractivity contribution >= 4 is 15.9 Å². The molecule has 16 heavy (non-hydrogen) atoms. The van der Waals surface area contributed by atoms with Gasteiger partial charge in [-0.05, 0) is 28.5 Å². The Bertz CT molecular complexity index is 310. The van der Waals surface area contributed by atoms with E-state index < -0.39 is 0 Å². The highest BCUT2D eigenvalue weighted by molar-refractivity contribution is 9.10. The van der Waals surface area contributed by atoms with Crippen LogP contribution in [0.1, 0.15) is 6.92 Å². The standard InChI is InChI=1S/C11H17BrN2O2/c1-3-13-7-11(8-15-2)16-10-4-9(12)5-14-6-10/h4-6,11,13H,3,7-8H2,1-2H3. The van der Waals surface area contributed by atoms with Gasteiger partial charge in [0.1, 0.15) is 11.9 Å². The van der Waals surface area contributed by atoms with Gasteiger partial charge in [0, 0.05) is 24.3 Å². The number of likely N-dealkylation sites (N-methyl/N-ethyl adjacent to an activating group) is 1. The molecule has 90 valence electrons. The molecule has 5 heteroatoms. The summed E-state index contributed by atoms with van der Waals surface area (Å²) in [6.07, 6.45) is 3.42. The second-order valence-corrected chi connectivity index (χ2v) is 4.26. The third-order valence-electron chi connectivity index (χ3n) is 1.96. The van der Waals surface area contributed by atoms with Gasteiger partial charge in [-0.15, -0.1) is 0 Å². The molecule has 0 aliphatic carbocycles. The lowest BCUT2D eigenvalue weighted by Crippen LogP contribution is -2.34. The van der Waals surface area contributed by atoms with Gasteiger partial charge < -0.3 is 14.8 Å². The summed E-state index contributed by atoms with van der Waals surface area (Å²) < 4.78 is 11.8. The van der Waals surface area contributed by atoms with E-state index in [1.807, 2.05) is 6.07 Å². The van der Waals surface area contributed by atoms with Gasteiger partial charge in [0.2, 0.25) is 0 Å². The first-order valence-electron chi connectivity index (χ1n) is 5.23. The number of nitrogens with zero attached hydrogens (tertiary/aromatic N) is 1. The highest BCUT2D eigenvalue weighted by Crippen LogP contribution is 2.17. The fraction of sp³-hybridized carbons (Fsp3) is 0.545. The van der Waals surface area contributed by atoms with Crippen LogP contribution in [0, 0.1) is 0 Å². The first-order chi connectivity index (χ1) is 7.76. The lowest BCUT2D eigenvalue weighted by atomic mass is 10.3. The van der Waals surface area contributed by atoms with E-state index in [9.17, 15) is 0 Å². The third-order valence-corrected chi connectivity index (χ3v) is 2.39. The van der Waals surface area contributed by atoms with Crippen molar-refractivity contribution in [3.63, 3.8) is 0 Å². The maximum Gasteiger partial charge on any atom is 0.139 e. The Morgan fingerprint density at radius 2 is 2.31 bits per heavy atom. The van der Waals surface area contributed by atoms with Crippen LogP contribution >= 0.6 is 15.9 Å². The van der Waals surface area contributed by atoms with E-state index in [0.29, 0.717) is 6.61 Å². The number of hydrogen-bond donors (Lipinski definition) is 1. The Labute approximate surface area is 104 Å². The van der Waals surface area contributed by atoms with Crippen LogP contribution in [0.25, 0.3) is 0 Å². The SMILES string of the molecule is CCNCC(COC)Oc1cncc(Br)c1. The van der Waals surface area contributed by atoms with E-state index in [0.717, 1.165) is 23.3 Å². The fourth-order valence-corrected chi connectivity index (χ4v) is 1.62. The molecule has 1 aromatic rings. The van der Waals surface area contributed by atoms with Gasteiger partial charge in [-0.2, -0.15) is 0 Å². The van der Waals surface area contributed by atoms with Gasteiger partial charge in [-0.3, -0.25) is 4.98 Å². The lowest BCUT2D eigenvalue weighted by Gasteiger charge is -2.18. The largest absolute Gasteiger partial charge is 0.485 e. The zero-order valence-corrected chi connectivity index (χ0v) is 11.2. The molecule has 0 spiro atoms. The van der Waals surface area contributed by atoms with Crippen molar-refractivity contribution in [1.29, 1.82) is 0 Å². The molecule has 4 nitrogen and oxygen atoms in total. The van der Waals surface area contributed by atoms with Crippen molar-refractivity contribution in [3.05, 3.63) is 22.9 Å². The Balaban J connectivity index is 2.52. The molecule has 1 heterocycles. The summed E-state index contributed by atoms with van der Waals surface area (Å²) in [5, 5.41) is 3.23. The van der Waals surface area contributed by atoms with Gasteiger partial charge in [-0.1, -0.05) is 6.92 Å². The molecule has 1 rings (SSSR count). The first kappa shape index (κ1) is 13.4. The molecule has 1 aromatic heterocycles. The van der Waals surface area contributed by atoms with Crippen molar-refractivity contribution in [2.24, 2.45) is 0 Å². The predicted octanol–water partition coefficient (Wildman–Crippen LogP) is 1.85. The van der Waals surface area contributed by atoms with Gasteiger partial charge in [0.05, 0.1) is 12.8 Å². The number of methoxy groups -OCH3 is 1. The Morgan fingerprint density at radius 1 is 1.50 bits per heavy atom. The fourth-order valence-electron chi connectivity index (χ4n) is 1.28. The summed E-state index contributed by atoms with van der Waals surface area (Å²) in [7, 11) is 1.67. The summed E-state index contributed by atoms with van der Waals surface area (Å²) in [6.45, 7) is 4.29. The summed E-state index contributed by atoms with van der Waals surface area (Å²) >= 11 is 3.35. The molecule has 0 amide bonds. The van der Waals surface area contributed by atoms with Crippen LogP contribution in [-0.4, -0.2) is 37.9 Å². The van der Waals surface area contributed by atoms with Crippen molar-refractivity contribution < 1.29 is 9.47 Å². The van der Waals surface area contributed by atoms with Crippen LogP contribution < -0.4 is 10.1 Å². The van der Waals surface area contributed by atoms with E-state index in [4.69, 9.17) is 9.47 Å². The monoisotopic (exact) mass is 288 g/mol. The van der Waals surface area contributed by atoms with E-state index in [2.05, 4.69) is 33.2 Å². The van der Waals surface area contributed by atoms with Gasteiger partial charge in [-0.25, -0.2) is 0 Å². The lowest BCUT2D eigenvalue weighted by molar-refractivity contribution is 0.0807. The zero-order valence-electron chi connectivity index (χ0n) is 9.57. The van der Waals surface area contributed by atoms with Crippen molar-refractivity contribution in [2.75, 3.05) is 26.8 Å². The number of ether oxygens (including phenoxy) is 2. The van der Waals surface area contributed by atoms with Gasteiger partial charge in [0.15, 0.2) is 0 Å². The first-order valence-corrected chi connectivity index (χ1v) is 6.02. The average Bonchev–Trinajstić information content (AvgIpc) is 2.26. The predicted molar refractivity (Wildman–Crippen MR) is 66.8 cm³/mol. The van der Waals surface area contributed by atoms with Gasteiger partial charge >= 0.3 is 0 Å². The molecular weight excluding hydrogens is 272 g/mol. The van der Waals surface area contributed by atoms with Crippen molar-refractivity contribution in [1.82, 2.24) is 10.3 Å². The summed E-state index contributed by atoms with van der Waals surface area (Å²) in [6, 6.07) is 1.89. The molecule has 0 saturated carbocycles. The Kier molecular flexibility index (Phi) is 6.37. The highest BCUT2D eigenvalue weighted by Gasteiger charge is 2.09. The third kappa shape index (κ3) is 4.92. The minimum atomic E-state index is 0.000972. The number of halogens is 1. The quantitative estimate of drug-likeness (QED) is 0.832. The summed E-state index contributed by atoms with van der Waals surface area (Å²) in [5.41, 5.74) is 0. The average molecular weight is 289 g/mol. The minimum absolute atomic E-state index is 0.000972. The van der Waals surface area contributed by atoms with Crippen molar-refractivity contribution in [2.45, 2.75) is 13.0 Å². The van der Waals surface area contributed by atoms with Crippen LogP contribution in [0.15, 0.2) is 22.9 Å².